The van der Waals surface area contributed by atoms with E-state index in [-0.39, 0.29) is 0 Å². The molecular weight excluding hydrogens is 204 g/mol. The Labute approximate surface area is 95.2 Å². The standard InChI is InChI=1S/C11H18N4O/c12-10-11(13)15-9(7-14-10)2-1-8-3-5-16-6-4-8/h7-8H,1-6H2,(H2,12,14)(H2,13,15). The molecule has 1 saturated heterocycles. The van der Waals surface area contributed by atoms with E-state index in [1.165, 1.54) is 0 Å². The van der Waals surface area contributed by atoms with Crippen LogP contribution < -0.4 is 11.5 Å². The molecule has 0 atom stereocenters. The molecule has 2 rings (SSSR count). The van der Waals surface area contributed by atoms with Gasteiger partial charge >= 0.3 is 0 Å². The molecular formula is C11H18N4O. The van der Waals surface area contributed by atoms with Gasteiger partial charge in [0.15, 0.2) is 11.6 Å². The Morgan fingerprint density at radius 2 is 2.00 bits per heavy atom. The van der Waals surface area contributed by atoms with Gasteiger partial charge < -0.3 is 16.2 Å². The second kappa shape index (κ2) is 5.12. The molecule has 1 aromatic heterocycles. The Balaban J connectivity index is 1.86. The quantitative estimate of drug-likeness (QED) is 0.796. The van der Waals surface area contributed by atoms with Crippen LogP contribution in [-0.4, -0.2) is 23.2 Å². The maximum Gasteiger partial charge on any atom is 0.166 e. The molecule has 1 aliphatic heterocycles. The summed E-state index contributed by atoms with van der Waals surface area (Å²) in [6, 6.07) is 0. The number of aryl methyl sites for hydroxylation is 1. The average Bonchev–Trinajstić information content (AvgIpc) is 2.32. The topological polar surface area (TPSA) is 87.0 Å². The molecule has 0 saturated carbocycles. The van der Waals surface area contributed by atoms with Crippen molar-refractivity contribution in [2.24, 2.45) is 5.92 Å². The van der Waals surface area contributed by atoms with E-state index in [9.17, 15) is 0 Å². The summed E-state index contributed by atoms with van der Waals surface area (Å²) in [5, 5.41) is 0. The highest BCUT2D eigenvalue weighted by atomic mass is 16.5. The molecule has 0 spiro atoms. The summed E-state index contributed by atoms with van der Waals surface area (Å²) in [5.74, 6) is 1.40. The monoisotopic (exact) mass is 222 g/mol. The van der Waals surface area contributed by atoms with Crippen LogP contribution in [0.1, 0.15) is 25.0 Å². The highest BCUT2D eigenvalue weighted by Gasteiger charge is 2.14. The van der Waals surface area contributed by atoms with Crippen LogP contribution in [0.2, 0.25) is 0 Å². The van der Waals surface area contributed by atoms with Crippen molar-refractivity contribution in [3.8, 4) is 0 Å². The third-order valence-corrected chi connectivity index (χ3v) is 3.03. The molecule has 0 aliphatic carbocycles. The fourth-order valence-corrected chi connectivity index (χ4v) is 1.96. The molecule has 1 aliphatic rings. The highest BCUT2D eigenvalue weighted by Crippen LogP contribution is 2.20. The SMILES string of the molecule is Nc1ncc(CCC2CCOCC2)nc1N. The molecule has 2 heterocycles. The summed E-state index contributed by atoms with van der Waals surface area (Å²) in [7, 11) is 0. The zero-order valence-corrected chi connectivity index (χ0v) is 9.35. The van der Waals surface area contributed by atoms with E-state index < -0.39 is 0 Å². The minimum atomic E-state index is 0.315. The molecule has 16 heavy (non-hydrogen) atoms. The van der Waals surface area contributed by atoms with Crippen molar-refractivity contribution in [1.82, 2.24) is 9.97 Å². The fourth-order valence-electron chi connectivity index (χ4n) is 1.96. The van der Waals surface area contributed by atoms with Crippen LogP contribution in [0.3, 0.4) is 0 Å². The molecule has 5 nitrogen and oxygen atoms in total. The Morgan fingerprint density at radius 3 is 2.69 bits per heavy atom. The summed E-state index contributed by atoms with van der Waals surface area (Å²) < 4.78 is 5.32. The number of hydrogen-bond acceptors (Lipinski definition) is 5. The van der Waals surface area contributed by atoms with Gasteiger partial charge in [0, 0.05) is 13.2 Å². The van der Waals surface area contributed by atoms with E-state index in [1.54, 1.807) is 6.20 Å². The van der Waals surface area contributed by atoms with Gasteiger partial charge in [0.05, 0.1) is 11.9 Å². The molecule has 1 fully saturated rings. The Hall–Kier alpha value is -1.36. The lowest BCUT2D eigenvalue weighted by Crippen LogP contribution is -2.16. The first-order chi connectivity index (χ1) is 7.75. The van der Waals surface area contributed by atoms with E-state index in [2.05, 4.69) is 9.97 Å². The number of anilines is 2. The lowest BCUT2D eigenvalue weighted by molar-refractivity contribution is 0.0639. The van der Waals surface area contributed by atoms with Gasteiger partial charge in [0.1, 0.15) is 0 Å². The highest BCUT2D eigenvalue weighted by molar-refractivity contribution is 5.51. The van der Waals surface area contributed by atoms with E-state index in [0.717, 1.165) is 50.5 Å². The van der Waals surface area contributed by atoms with Crippen molar-refractivity contribution >= 4 is 11.6 Å². The van der Waals surface area contributed by atoms with Crippen molar-refractivity contribution in [3.63, 3.8) is 0 Å². The van der Waals surface area contributed by atoms with Crippen molar-refractivity contribution in [2.45, 2.75) is 25.7 Å². The summed E-state index contributed by atoms with van der Waals surface area (Å²) in [6.07, 6.45) is 6.06. The second-order valence-electron chi connectivity index (χ2n) is 4.23. The molecule has 4 N–H and O–H groups in total. The number of aromatic nitrogens is 2. The Bertz CT molecular complexity index is 350. The predicted octanol–water partition coefficient (Wildman–Crippen LogP) is 1.00. The first-order valence-electron chi connectivity index (χ1n) is 5.70. The van der Waals surface area contributed by atoms with Gasteiger partial charge in [-0.1, -0.05) is 0 Å². The molecule has 0 aromatic carbocycles. The molecule has 0 bridgehead atoms. The van der Waals surface area contributed by atoms with Gasteiger partial charge in [-0.25, -0.2) is 9.97 Å². The van der Waals surface area contributed by atoms with Crippen molar-refractivity contribution in [3.05, 3.63) is 11.9 Å². The minimum absolute atomic E-state index is 0.315. The molecule has 0 radical (unpaired) electrons. The Morgan fingerprint density at radius 1 is 1.25 bits per heavy atom. The van der Waals surface area contributed by atoms with Crippen LogP contribution in [0.5, 0.6) is 0 Å². The van der Waals surface area contributed by atoms with Crippen LogP contribution in [0.15, 0.2) is 6.20 Å². The smallest absolute Gasteiger partial charge is 0.166 e. The van der Waals surface area contributed by atoms with E-state index in [1.807, 2.05) is 0 Å². The average molecular weight is 222 g/mol. The number of ether oxygens (including phenoxy) is 1. The Kier molecular flexibility index (Phi) is 3.56. The number of nitrogen functional groups attached to an aromatic ring is 2. The van der Waals surface area contributed by atoms with Gasteiger partial charge in [-0.3, -0.25) is 0 Å². The zero-order chi connectivity index (χ0) is 11.4. The normalized spacial score (nSPS) is 17.5. The van der Waals surface area contributed by atoms with Gasteiger partial charge in [0.2, 0.25) is 0 Å². The zero-order valence-electron chi connectivity index (χ0n) is 9.35. The second-order valence-corrected chi connectivity index (χ2v) is 4.23. The van der Waals surface area contributed by atoms with E-state index in [4.69, 9.17) is 16.2 Å². The fraction of sp³-hybridized carbons (Fsp3) is 0.636. The largest absolute Gasteiger partial charge is 0.381 e. The summed E-state index contributed by atoms with van der Waals surface area (Å²) in [6.45, 7) is 1.78. The maximum absolute atomic E-state index is 5.61. The van der Waals surface area contributed by atoms with Gasteiger partial charge in [0.25, 0.3) is 0 Å². The molecule has 0 unspecified atom stereocenters. The molecule has 0 amide bonds. The predicted molar refractivity (Wildman–Crippen MR) is 62.7 cm³/mol. The van der Waals surface area contributed by atoms with Crippen LogP contribution in [0.25, 0.3) is 0 Å². The number of rotatable bonds is 3. The summed E-state index contributed by atoms with van der Waals surface area (Å²) >= 11 is 0. The molecule has 88 valence electrons. The maximum atomic E-state index is 5.61. The van der Waals surface area contributed by atoms with Gasteiger partial charge in [-0.15, -0.1) is 0 Å². The first-order valence-corrected chi connectivity index (χ1v) is 5.70. The molecule has 5 heteroatoms. The van der Waals surface area contributed by atoms with Crippen LogP contribution in [-0.2, 0) is 11.2 Å². The van der Waals surface area contributed by atoms with Crippen molar-refractivity contribution in [2.75, 3.05) is 24.7 Å². The van der Waals surface area contributed by atoms with E-state index in [0.29, 0.717) is 11.6 Å². The number of hydrogen-bond donors (Lipinski definition) is 2. The third kappa shape index (κ3) is 2.82. The summed E-state index contributed by atoms with van der Waals surface area (Å²) in [5.41, 5.74) is 12.1. The van der Waals surface area contributed by atoms with Gasteiger partial charge in [-0.05, 0) is 31.6 Å². The molecule has 1 aromatic rings. The third-order valence-electron chi connectivity index (χ3n) is 3.03. The lowest BCUT2D eigenvalue weighted by Gasteiger charge is -2.21. The van der Waals surface area contributed by atoms with Crippen LogP contribution >= 0.6 is 0 Å². The first kappa shape index (κ1) is 11.1. The van der Waals surface area contributed by atoms with E-state index >= 15 is 0 Å². The number of nitrogens with zero attached hydrogens (tertiary/aromatic N) is 2. The minimum Gasteiger partial charge on any atom is -0.381 e. The lowest BCUT2D eigenvalue weighted by atomic mass is 9.94. The summed E-state index contributed by atoms with van der Waals surface area (Å²) in [4.78, 5) is 8.22. The van der Waals surface area contributed by atoms with Crippen LogP contribution in [0.4, 0.5) is 11.6 Å². The van der Waals surface area contributed by atoms with Crippen LogP contribution in [0, 0.1) is 5.92 Å². The van der Waals surface area contributed by atoms with Gasteiger partial charge in [-0.2, -0.15) is 0 Å². The van der Waals surface area contributed by atoms with Crippen molar-refractivity contribution in [1.29, 1.82) is 0 Å². The van der Waals surface area contributed by atoms with Crippen molar-refractivity contribution < 1.29 is 4.74 Å². The number of nitrogens with two attached hydrogens (primary N) is 2.